The zero-order valence-electron chi connectivity index (χ0n) is 7.81. The Morgan fingerprint density at radius 2 is 2.07 bits per heavy atom. The van der Waals surface area contributed by atoms with Gasteiger partial charge in [0.05, 0.1) is 0 Å². The van der Waals surface area contributed by atoms with Crippen LogP contribution in [0.25, 0.3) is 0 Å². The summed E-state index contributed by atoms with van der Waals surface area (Å²) in [7, 11) is 0. The molecule has 1 amide bonds. The monoisotopic (exact) mass is 195 g/mol. The second-order valence-corrected chi connectivity index (χ2v) is 2.94. The van der Waals surface area contributed by atoms with Gasteiger partial charge in [-0.15, -0.1) is 0 Å². The van der Waals surface area contributed by atoms with Crippen LogP contribution in [-0.4, -0.2) is 27.7 Å². The fourth-order valence-corrected chi connectivity index (χ4v) is 1.11. The molecule has 0 aromatic carbocycles. The second kappa shape index (κ2) is 5.90. The maximum absolute atomic E-state index is 10.1. The maximum atomic E-state index is 10.1. The smallest absolute Gasteiger partial charge is 0.404 e. The zero-order chi connectivity index (χ0) is 10.2. The predicted molar refractivity (Wildman–Crippen MR) is 51.0 cm³/mol. The molecule has 0 bridgehead atoms. The Morgan fingerprint density at radius 1 is 1.36 bits per heavy atom. The van der Waals surface area contributed by atoms with Crippen LogP contribution in [0, 0.1) is 0 Å². The number of aromatic nitrogens is 2. The van der Waals surface area contributed by atoms with E-state index in [0.717, 1.165) is 24.8 Å². The van der Waals surface area contributed by atoms with E-state index in [4.69, 9.17) is 5.11 Å². The molecule has 0 aliphatic carbocycles. The molecule has 0 fully saturated rings. The van der Waals surface area contributed by atoms with Crippen molar-refractivity contribution < 1.29 is 9.90 Å². The van der Waals surface area contributed by atoms with Gasteiger partial charge in [0, 0.05) is 18.9 Å². The molecule has 76 valence electrons. The normalized spacial score (nSPS) is 9.71. The van der Waals surface area contributed by atoms with Gasteiger partial charge in [0.1, 0.15) is 6.33 Å². The third-order valence-corrected chi connectivity index (χ3v) is 1.78. The average molecular weight is 195 g/mol. The van der Waals surface area contributed by atoms with Gasteiger partial charge in [-0.1, -0.05) is 0 Å². The van der Waals surface area contributed by atoms with E-state index in [0.29, 0.717) is 6.54 Å². The van der Waals surface area contributed by atoms with E-state index in [1.165, 1.54) is 6.33 Å². The van der Waals surface area contributed by atoms with E-state index in [2.05, 4.69) is 15.3 Å². The molecule has 5 heteroatoms. The molecule has 1 aromatic heterocycles. The minimum atomic E-state index is -0.965. The van der Waals surface area contributed by atoms with Gasteiger partial charge < -0.3 is 10.4 Å². The highest BCUT2D eigenvalue weighted by molar-refractivity contribution is 5.64. The number of rotatable bonds is 5. The van der Waals surface area contributed by atoms with Gasteiger partial charge in [0.15, 0.2) is 0 Å². The highest BCUT2D eigenvalue weighted by Gasteiger charge is 1.95. The number of hydrogen-bond donors (Lipinski definition) is 2. The topological polar surface area (TPSA) is 75.1 Å². The Bertz CT molecular complexity index is 277. The van der Waals surface area contributed by atoms with Gasteiger partial charge in [-0.2, -0.15) is 0 Å². The lowest BCUT2D eigenvalue weighted by Crippen LogP contribution is -2.21. The van der Waals surface area contributed by atoms with E-state index in [1.54, 1.807) is 12.4 Å². The molecule has 2 N–H and O–H groups in total. The van der Waals surface area contributed by atoms with Crippen molar-refractivity contribution in [1.29, 1.82) is 0 Å². The summed E-state index contributed by atoms with van der Waals surface area (Å²) in [6, 6.07) is 0. The van der Waals surface area contributed by atoms with E-state index in [1.807, 2.05) is 0 Å². The van der Waals surface area contributed by atoms with Gasteiger partial charge in [-0.3, -0.25) is 0 Å². The van der Waals surface area contributed by atoms with Crippen molar-refractivity contribution in [3.8, 4) is 0 Å². The summed E-state index contributed by atoms with van der Waals surface area (Å²) in [5.74, 6) is 0. The van der Waals surface area contributed by atoms with E-state index >= 15 is 0 Å². The molecule has 0 saturated heterocycles. The molecule has 0 atom stereocenters. The van der Waals surface area contributed by atoms with Crippen molar-refractivity contribution in [2.24, 2.45) is 0 Å². The minimum Gasteiger partial charge on any atom is -0.465 e. The molecule has 0 aliphatic heterocycles. The van der Waals surface area contributed by atoms with Gasteiger partial charge in [-0.25, -0.2) is 14.8 Å². The summed E-state index contributed by atoms with van der Waals surface area (Å²) in [6.07, 6.45) is 6.75. The minimum absolute atomic E-state index is 0.503. The standard InChI is InChI=1S/C9H13N3O2/c13-9(14)12-4-2-1-3-8-5-10-7-11-6-8/h5-7,12H,1-4H2,(H,13,14). The summed E-state index contributed by atoms with van der Waals surface area (Å²) in [5, 5.41) is 10.6. The van der Waals surface area contributed by atoms with Crippen LogP contribution in [0.5, 0.6) is 0 Å². The predicted octanol–water partition coefficient (Wildman–Crippen LogP) is 1.07. The first-order chi connectivity index (χ1) is 6.79. The number of nitrogens with zero attached hydrogens (tertiary/aromatic N) is 2. The van der Waals surface area contributed by atoms with Gasteiger partial charge in [-0.05, 0) is 24.8 Å². The van der Waals surface area contributed by atoms with Gasteiger partial charge in [0.2, 0.25) is 0 Å². The van der Waals surface area contributed by atoms with Crippen molar-refractivity contribution in [1.82, 2.24) is 15.3 Å². The number of hydrogen-bond acceptors (Lipinski definition) is 3. The lowest BCUT2D eigenvalue weighted by molar-refractivity contribution is 0.194. The molecule has 5 nitrogen and oxygen atoms in total. The van der Waals surface area contributed by atoms with Crippen molar-refractivity contribution in [2.45, 2.75) is 19.3 Å². The molecule has 0 radical (unpaired) electrons. The first kappa shape index (κ1) is 10.4. The summed E-state index contributed by atoms with van der Waals surface area (Å²) in [6.45, 7) is 0.503. The molecule has 14 heavy (non-hydrogen) atoms. The van der Waals surface area contributed by atoms with Gasteiger partial charge in [0.25, 0.3) is 0 Å². The molecule has 1 heterocycles. The van der Waals surface area contributed by atoms with Crippen LogP contribution in [0.15, 0.2) is 18.7 Å². The number of carbonyl (C=O) groups is 1. The largest absolute Gasteiger partial charge is 0.465 e. The Morgan fingerprint density at radius 3 is 2.71 bits per heavy atom. The first-order valence-electron chi connectivity index (χ1n) is 4.49. The summed E-state index contributed by atoms with van der Waals surface area (Å²) >= 11 is 0. The number of carboxylic acid groups (broad SMARTS) is 1. The van der Waals surface area contributed by atoms with Crippen molar-refractivity contribution >= 4 is 6.09 Å². The van der Waals surface area contributed by atoms with Crippen LogP contribution < -0.4 is 5.32 Å². The number of unbranched alkanes of at least 4 members (excludes halogenated alkanes) is 1. The molecular formula is C9H13N3O2. The van der Waals surface area contributed by atoms with Crippen LogP contribution in [-0.2, 0) is 6.42 Å². The number of aryl methyl sites for hydroxylation is 1. The van der Waals surface area contributed by atoms with E-state index in [9.17, 15) is 4.79 Å². The van der Waals surface area contributed by atoms with Crippen LogP contribution in [0.2, 0.25) is 0 Å². The Hall–Kier alpha value is -1.65. The van der Waals surface area contributed by atoms with Crippen LogP contribution in [0.1, 0.15) is 18.4 Å². The van der Waals surface area contributed by atoms with Crippen molar-refractivity contribution in [2.75, 3.05) is 6.54 Å². The third kappa shape index (κ3) is 4.39. The quantitative estimate of drug-likeness (QED) is 0.689. The summed E-state index contributed by atoms with van der Waals surface area (Å²) < 4.78 is 0. The maximum Gasteiger partial charge on any atom is 0.404 e. The van der Waals surface area contributed by atoms with E-state index in [-0.39, 0.29) is 0 Å². The molecule has 0 saturated carbocycles. The SMILES string of the molecule is O=C(O)NCCCCc1cncnc1. The Labute approximate surface area is 82.2 Å². The fraction of sp³-hybridized carbons (Fsp3) is 0.444. The number of nitrogens with one attached hydrogen (secondary N) is 1. The summed E-state index contributed by atoms with van der Waals surface area (Å²) in [5.41, 5.74) is 1.09. The average Bonchev–Trinajstić information content (AvgIpc) is 2.18. The molecular weight excluding hydrogens is 182 g/mol. The molecule has 0 unspecified atom stereocenters. The molecule has 0 aliphatic rings. The summed E-state index contributed by atoms with van der Waals surface area (Å²) in [4.78, 5) is 17.9. The second-order valence-electron chi connectivity index (χ2n) is 2.94. The van der Waals surface area contributed by atoms with Crippen LogP contribution >= 0.6 is 0 Å². The molecule has 1 rings (SSSR count). The zero-order valence-corrected chi connectivity index (χ0v) is 7.81. The highest BCUT2D eigenvalue weighted by Crippen LogP contribution is 2.00. The third-order valence-electron chi connectivity index (χ3n) is 1.78. The molecule has 0 spiro atoms. The lowest BCUT2D eigenvalue weighted by atomic mass is 10.1. The molecule has 1 aromatic rings. The first-order valence-corrected chi connectivity index (χ1v) is 4.49. The van der Waals surface area contributed by atoms with Crippen LogP contribution in [0.3, 0.4) is 0 Å². The fourth-order valence-electron chi connectivity index (χ4n) is 1.11. The van der Waals surface area contributed by atoms with Crippen molar-refractivity contribution in [3.05, 3.63) is 24.3 Å². The lowest BCUT2D eigenvalue weighted by Gasteiger charge is -2.00. The Kier molecular flexibility index (Phi) is 4.40. The van der Waals surface area contributed by atoms with E-state index < -0.39 is 6.09 Å². The Balaban J connectivity index is 2.08. The number of amides is 1. The van der Waals surface area contributed by atoms with Gasteiger partial charge >= 0.3 is 6.09 Å². The highest BCUT2D eigenvalue weighted by atomic mass is 16.4. The van der Waals surface area contributed by atoms with Crippen molar-refractivity contribution in [3.63, 3.8) is 0 Å². The van der Waals surface area contributed by atoms with Crippen LogP contribution in [0.4, 0.5) is 4.79 Å².